The van der Waals surface area contributed by atoms with Crippen LogP contribution in [0.5, 0.6) is 0 Å². The van der Waals surface area contributed by atoms with Crippen LogP contribution in [0.15, 0.2) is 0 Å². The van der Waals surface area contributed by atoms with Crippen molar-refractivity contribution in [2.45, 2.75) is 67.0 Å². The Bertz CT molecular complexity index is 491. The monoisotopic (exact) mass is 308 g/mol. The highest BCUT2D eigenvalue weighted by Crippen LogP contribution is 2.15. The number of nitrogens with one attached hydrogen (secondary N) is 1. The Hall–Kier alpha value is -1.36. The van der Waals surface area contributed by atoms with Crippen LogP contribution in [0.1, 0.15) is 51.1 Å². The van der Waals surface area contributed by atoms with Gasteiger partial charge in [0.15, 0.2) is 0 Å². The van der Waals surface area contributed by atoms with Gasteiger partial charge >= 0.3 is 0 Å². The fourth-order valence-corrected chi connectivity index (χ4v) is 2.74. The van der Waals surface area contributed by atoms with Crippen molar-refractivity contribution < 1.29 is 4.79 Å². The lowest BCUT2D eigenvalue weighted by atomic mass is 10.0. The van der Waals surface area contributed by atoms with Gasteiger partial charge in [-0.25, -0.2) is 0 Å². The van der Waals surface area contributed by atoms with Crippen LogP contribution >= 0.6 is 0 Å². The average molecular weight is 308 g/mol. The smallest absolute Gasteiger partial charge is 0.224 e. The molecular formula is C17H32N4O. The van der Waals surface area contributed by atoms with E-state index >= 15 is 0 Å². The zero-order valence-electron chi connectivity index (χ0n) is 14.9. The van der Waals surface area contributed by atoms with Crippen LogP contribution < -0.4 is 11.1 Å². The molecule has 5 nitrogen and oxygen atoms in total. The van der Waals surface area contributed by atoms with E-state index in [0.29, 0.717) is 24.8 Å². The van der Waals surface area contributed by atoms with Crippen molar-refractivity contribution in [3.63, 3.8) is 0 Å². The first kappa shape index (κ1) is 18.7. The number of carbonyl (C=O) groups is 1. The molecule has 3 N–H and O–H groups in total. The van der Waals surface area contributed by atoms with Crippen LogP contribution in [0, 0.1) is 25.7 Å². The Kier molecular flexibility index (Phi) is 7.07. The summed E-state index contributed by atoms with van der Waals surface area (Å²) in [6, 6.07) is 0.0545. The molecule has 0 fully saturated rings. The second-order valence-corrected chi connectivity index (χ2v) is 7.03. The number of hydrogen-bond acceptors (Lipinski definition) is 3. The predicted octanol–water partition coefficient (Wildman–Crippen LogP) is 2.19. The summed E-state index contributed by atoms with van der Waals surface area (Å²) < 4.78 is 2.01. The minimum atomic E-state index is 0.0337. The van der Waals surface area contributed by atoms with Gasteiger partial charge in [-0.15, -0.1) is 0 Å². The molecule has 1 heterocycles. The van der Waals surface area contributed by atoms with Gasteiger partial charge in [-0.2, -0.15) is 5.10 Å². The molecule has 1 atom stereocenters. The summed E-state index contributed by atoms with van der Waals surface area (Å²) in [6.45, 7) is 14.0. The van der Waals surface area contributed by atoms with Gasteiger partial charge in [-0.3, -0.25) is 9.48 Å². The molecule has 1 aromatic heterocycles. The first-order valence-electron chi connectivity index (χ1n) is 8.26. The van der Waals surface area contributed by atoms with Crippen LogP contribution in [0.4, 0.5) is 0 Å². The molecule has 1 aromatic rings. The molecule has 0 aliphatic carbocycles. The van der Waals surface area contributed by atoms with E-state index < -0.39 is 0 Å². The summed E-state index contributed by atoms with van der Waals surface area (Å²) in [5.41, 5.74) is 8.83. The number of nitrogens with two attached hydrogens (primary N) is 1. The van der Waals surface area contributed by atoms with Gasteiger partial charge < -0.3 is 11.1 Å². The minimum absolute atomic E-state index is 0.0337. The van der Waals surface area contributed by atoms with Gasteiger partial charge in [-0.1, -0.05) is 27.7 Å². The second-order valence-electron chi connectivity index (χ2n) is 7.03. The van der Waals surface area contributed by atoms with Gasteiger partial charge in [-0.05, 0) is 32.1 Å². The fraction of sp³-hybridized carbons (Fsp3) is 0.765. The Labute approximate surface area is 134 Å². The molecule has 0 radical (unpaired) electrons. The van der Waals surface area contributed by atoms with Crippen molar-refractivity contribution in [1.82, 2.24) is 15.1 Å². The summed E-state index contributed by atoms with van der Waals surface area (Å²) in [7, 11) is 0. The molecule has 0 saturated carbocycles. The molecule has 0 aliphatic heterocycles. The third-order valence-corrected chi connectivity index (χ3v) is 3.81. The topological polar surface area (TPSA) is 72.9 Å². The lowest BCUT2D eigenvalue weighted by Crippen LogP contribution is -2.41. The quantitative estimate of drug-likeness (QED) is 0.773. The molecule has 0 spiro atoms. The normalized spacial score (nSPS) is 13.0. The van der Waals surface area contributed by atoms with E-state index in [9.17, 15) is 4.79 Å². The van der Waals surface area contributed by atoms with Gasteiger partial charge in [0.1, 0.15) is 0 Å². The van der Waals surface area contributed by atoms with Gasteiger partial charge in [0.05, 0.1) is 12.1 Å². The van der Waals surface area contributed by atoms with Crippen molar-refractivity contribution >= 4 is 5.91 Å². The molecule has 0 bridgehead atoms. The first-order chi connectivity index (χ1) is 10.2. The van der Waals surface area contributed by atoms with Crippen molar-refractivity contribution in [2.24, 2.45) is 17.6 Å². The van der Waals surface area contributed by atoms with E-state index in [-0.39, 0.29) is 11.9 Å². The molecule has 1 unspecified atom stereocenters. The zero-order valence-corrected chi connectivity index (χ0v) is 14.9. The highest BCUT2D eigenvalue weighted by Gasteiger charge is 2.18. The van der Waals surface area contributed by atoms with E-state index in [1.54, 1.807) is 0 Å². The molecular weight excluding hydrogens is 276 g/mol. The van der Waals surface area contributed by atoms with E-state index in [1.807, 2.05) is 18.5 Å². The lowest BCUT2D eigenvalue weighted by Gasteiger charge is -2.18. The summed E-state index contributed by atoms with van der Waals surface area (Å²) in [5.74, 6) is 1.09. The molecule has 0 saturated heterocycles. The Morgan fingerprint density at radius 3 is 2.36 bits per heavy atom. The van der Waals surface area contributed by atoms with E-state index in [0.717, 1.165) is 29.9 Å². The molecule has 1 rings (SSSR count). The van der Waals surface area contributed by atoms with Crippen LogP contribution in [-0.2, 0) is 17.8 Å². The van der Waals surface area contributed by atoms with Gasteiger partial charge in [0, 0.05) is 30.4 Å². The summed E-state index contributed by atoms with van der Waals surface area (Å²) >= 11 is 0. The van der Waals surface area contributed by atoms with E-state index in [2.05, 4.69) is 38.1 Å². The molecule has 126 valence electrons. The Morgan fingerprint density at radius 2 is 1.86 bits per heavy atom. The number of aryl methyl sites for hydroxylation is 1. The lowest BCUT2D eigenvalue weighted by molar-refractivity contribution is -0.121. The first-order valence-corrected chi connectivity index (χ1v) is 8.26. The largest absolute Gasteiger partial charge is 0.352 e. The SMILES string of the molecule is Cc1nn(CC(C)C)c(C)c1CC(=O)NC(CN)CC(C)C. The van der Waals surface area contributed by atoms with Crippen LogP contribution in [0.3, 0.4) is 0 Å². The molecule has 0 aromatic carbocycles. The zero-order chi connectivity index (χ0) is 16.9. The third-order valence-electron chi connectivity index (χ3n) is 3.81. The third kappa shape index (κ3) is 5.44. The fourth-order valence-electron chi connectivity index (χ4n) is 2.74. The van der Waals surface area contributed by atoms with E-state index in [1.165, 1.54) is 0 Å². The Balaban J connectivity index is 2.73. The van der Waals surface area contributed by atoms with Crippen molar-refractivity contribution in [3.05, 3.63) is 17.0 Å². The van der Waals surface area contributed by atoms with Crippen LogP contribution in [0.25, 0.3) is 0 Å². The maximum Gasteiger partial charge on any atom is 0.224 e. The predicted molar refractivity (Wildman–Crippen MR) is 90.7 cm³/mol. The number of aromatic nitrogens is 2. The summed E-state index contributed by atoms with van der Waals surface area (Å²) in [6.07, 6.45) is 1.29. The number of nitrogens with zero attached hydrogens (tertiary/aromatic N) is 2. The minimum Gasteiger partial charge on any atom is -0.352 e. The Morgan fingerprint density at radius 1 is 1.23 bits per heavy atom. The molecule has 22 heavy (non-hydrogen) atoms. The van der Waals surface area contributed by atoms with Gasteiger partial charge in [0.25, 0.3) is 0 Å². The van der Waals surface area contributed by atoms with Crippen LogP contribution in [-0.4, -0.2) is 28.3 Å². The average Bonchev–Trinajstić information content (AvgIpc) is 2.64. The second kappa shape index (κ2) is 8.32. The number of rotatable bonds is 8. The number of amides is 1. The maximum absolute atomic E-state index is 12.3. The highest BCUT2D eigenvalue weighted by atomic mass is 16.1. The molecule has 0 aliphatic rings. The van der Waals surface area contributed by atoms with Crippen molar-refractivity contribution in [3.8, 4) is 0 Å². The highest BCUT2D eigenvalue weighted by molar-refractivity contribution is 5.79. The number of carbonyl (C=O) groups excluding carboxylic acids is 1. The summed E-state index contributed by atoms with van der Waals surface area (Å²) in [4.78, 5) is 12.3. The standard InChI is InChI=1S/C17H32N4O/c1-11(2)7-15(9-18)19-17(22)8-16-13(5)20-21(14(16)6)10-12(3)4/h11-12,15H,7-10,18H2,1-6H3,(H,19,22). The number of hydrogen-bond donors (Lipinski definition) is 2. The molecule has 1 amide bonds. The van der Waals surface area contributed by atoms with Crippen molar-refractivity contribution in [2.75, 3.05) is 6.54 Å². The maximum atomic E-state index is 12.3. The van der Waals surface area contributed by atoms with Crippen molar-refractivity contribution in [1.29, 1.82) is 0 Å². The van der Waals surface area contributed by atoms with Crippen LogP contribution in [0.2, 0.25) is 0 Å². The van der Waals surface area contributed by atoms with E-state index in [4.69, 9.17) is 5.73 Å². The molecule has 5 heteroatoms. The van der Waals surface area contributed by atoms with Gasteiger partial charge in [0.2, 0.25) is 5.91 Å². The summed E-state index contributed by atoms with van der Waals surface area (Å²) in [5, 5.41) is 7.61.